The Morgan fingerprint density at radius 1 is 1.19 bits per heavy atom. The highest BCUT2D eigenvalue weighted by molar-refractivity contribution is 7.89. The molecule has 0 aromatic heterocycles. The van der Waals surface area contributed by atoms with Crippen molar-refractivity contribution in [3.63, 3.8) is 0 Å². The Kier molecular flexibility index (Phi) is 5.26. The van der Waals surface area contributed by atoms with Gasteiger partial charge < -0.3 is 10.6 Å². The molecule has 2 aliphatic rings. The van der Waals surface area contributed by atoms with Crippen molar-refractivity contribution in [1.82, 2.24) is 9.21 Å². The predicted octanol–water partition coefficient (Wildman–Crippen LogP) is 0.698. The molecule has 10 heteroatoms. The molecule has 1 atom stereocenters. The SMILES string of the molecule is NC1CCN(C(=O)C2CCCN2S(=O)(=O)c2cccc([N+](=O)[O-])c2)CC1. The number of nitro benzene ring substituents is 1. The van der Waals surface area contributed by atoms with Crippen LogP contribution in [0.4, 0.5) is 5.69 Å². The first kappa shape index (κ1) is 18.7. The van der Waals surface area contributed by atoms with Crippen LogP contribution >= 0.6 is 0 Å². The van der Waals surface area contributed by atoms with Gasteiger partial charge in [0.2, 0.25) is 15.9 Å². The summed E-state index contributed by atoms with van der Waals surface area (Å²) in [6.45, 7) is 1.29. The minimum absolute atomic E-state index is 0.0762. The third-order valence-electron chi connectivity index (χ3n) is 4.98. The lowest BCUT2D eigenvalue weighted by Crippen LogP contribution is -2.51. The fourth-order valence-corrected chi connectivity index (χ4v) is 5.19. The van der Waals surface area contributed by atoms with Gasteiger partial charge in [-0.1, -0.05) is 6.07 Å². The number of sulfonamides is 1. The first-order chi connectivity index (χ1) is 12.3. The molecule has 3 rings (SSSR count). The normalized spacial score (nSPS) is 22.5. The number of nitro groups is 1. The number of rotatable bonds is 4. The minimum atomic E-state index is -3.98. The molecule has 1 aromatic rings. The first-order valence-electron chi connectivity index (χ1n) is 8.61. The third-order valence-corrected chi connectivity index (χ3v) is 6.88. The van der Waals surface area contributed by atoms with E-state index in [1.165, 1.54) is 22.5 Å². The van der Waals surface area contributed by atoms with Crippen LogP contribution in [0.2, 0.25) is 0 Å². The molecule has 2 saturated heterocycles. The highest BCUT2D eigenvalue weighted by Gasteiger charge is 2.41. The summed E-state index contributed by atoms with van der Waals surface area (Å²) in [7, 11) is -3.98. The fourth-order valence-electron chi connectivity index (χ4n) is 3.50. The zero-order valence-electron chi connectivity index (χ0n) is 14.3. The minimum Gasteiger partial charge on any atom is -0.341 e. The maximum atomic E-state index is 13.0. The fraction of sp³-hybridized carbons (Fsp3) is 0.562. The van der Waals surface area contributed by atoms with Gasteiger partial charge >= 0.3 is 0 Å². The summed E-state index contributed by atoms with van der Waals surface area (Å²) in [5, 5.41) is 10.9. The molecule has 9 nitrogen and oxygen atoms in total. The van der Waals surface area contributed by atoms with Crippen molar-refractivity contribution in [2.45, 2.75) is 42.7 Å². The van der Waals surface area contributed by atoms with Gasteiger partial charge in [0.15, 0.2) is 0 Å². The van der Waals surface area contributed by atoms with E-state index in [0.29, 0.717) is 38.8 Å². The van der Waals surface area contributed by atoms with Crippen LogP contribution in [0.15, 0.2) is 29.2 Å². The molecule has 0 saturated carbocycles. The quantitative estimate of drug-likeness (QED) is 0.603. The molecule has 1 amide bonds. The summed E-state index contributed by atoms with van der Waals surface area (Å²) >= 11 is 0. The van der Waals surface area contributed by atoms with Crippen LogP contribution in [0, 0.1) is 10.1 Å². The van der Waals surface area contributed by atoms with E-state index in [4.69, 9.17) is 5.73 Å². The molecule has 0 aliphatic carbocycles. The van der Waals surface area contributed by atoms with Crippen LogP contribution < -0.4 is 5.73 Å². The number of nitrogens with two attached hydrogens (primary N) is 1. The molecular weight excluding hydrogens is 360 g/mol. The first-order valence-corrected chi connectivity index (χ1v) is 10.1. The topological polar surface area (TPSA) is 127 Å². The van der Waals surface area contributed by atoms with Crippen molar-refractivity contribution in [1.29, 1.82) is 0 Å². The summed E-state index contributed by atoms with van der Waals surface area (Å²) in [5.74, 6) is -0.205. The number of carbonyl (C=O) groups excluding carboxylic acids is 1. The number of hydrogen-bond acceptors (Lipinski definition) is 6. The summed E-state index contributed by atoms with van der Waals surface area (Å²) in [5.41, 5.74) is 5.57. The number of piperidine rings is 1. The number of hydrogen-bond donors (Lipinski definition) is 1. The molecule has 0 spiro atoms. The molecule has 2 N–H and O–H groups in total. The highest BCUT2D eigenvalue weighted by atomic mass is 32.2. The Balaban J connectivity index is 1.83. The van der Waals surface area contributed by atoms with E-state index >= 15 is 0 Å². The number of non-ortho nitro benzene ring substituents is 1. The van der Waals surface area contributed by atoms with Crippen molar-refractivity contribution in [2.24, 2.45) is 5.73 Å². The van der Waals surface area contributed by atoms with E-state index in [1.54, 1.807) is 4.90 Å². The van der Waals surface area contributed by atoms with E-state index in [-0.39, 0.29) is 29.1 Å². The lowest BCUT2D eigenvalue weighted by atomic mass is 10.0. The van der Waals surface area contributed by atoms with Gasteiger partial charge in [-0.2, -0.15) is 4.31 Å². The monoisotopic (exact) mass is 382 g/mol. The van der Waals surface area contributed by atoms with Crippen molar-refractivity contribution >= 4 is 21.6 Å². The van der Waals surface area contributed by atoms with Crippen molar-refractivity contribution in [3.8, 4) is 0 Å². The van der Waals surface area contributed by atoms with Gasteiger partial charge in [-0.15, -0.1) is 0 Å². The average molecular weight is 382 g/mol. The van der Waals surface area contributed by atoms with Crippen LogP contribution in [-0.4, -0.2) is 60.2 Å². The van der Waals surface area contributed by atoms with Crippen LogP contribution in [0.5, 0.6) is 0 Å². The maximum Gasteiger partial charge on any atom is 0.270 e. The number of carbonyl (C=O) groups is 1. The predicted molar refractivity (Wildman–Crippen MR) is 93.8 cm³/mol. The second kappa shape index (κ2) is 7.29. The summed E-state index contributed by atoms with van der Waals surface area (Å²) in [6, 6.07) is 4.25. The number of likely N-dealkylation sites (tertiary alicyclic amines) is 1. The second-order valence-electron chi connectivity index (χ2n) is 6.69. The lowest BCUT2D eigenvalue weighted by molar-refractivity contribution is -0.385. The molecule has 0 radical (unpaired) electrons. The highest BCUT2D eigenvalue weighted by Crippen LogP contribution is 2.29. The van der Waals surface area contributed by atoms with Gasteiger partial charge in [0.05, 0.1) is 9.82 Å². The van der Waals surface area contributed by atoms with Gasteiger partial charge in [-0.05, 0) is 31.7 Å². The largest absolute Gasteiger partial charge is 0.341 e. The third kappa shape index (κ3) is 3.57. The van der Waals surface area contributed by atoms with Gasteiger partial charge in [0.25, 0.3) is 5.69 Å². The number of benzene rings is 1. The van der Waals surface area contributed by atoms with Crippen LogP contribution in [-0.2, 0) is 14.8 Å². The Morgan fingerprint density at radius 2 is 1.88 bits per heavy atom. The van der Waals surface area contributed by atoms with Crippen LogP contribution in [0.25, 0.3) is 0 Å². The van der Waals surface area contributed by atoms with Crippen LogP contribution in [0.3, 0.4) is 0 Å². The van der Waals surface area contributed by atoms with Gasteiger partial charge in [0, 0.05) is 37.8 Å². The van der Waals surface area contributed by atoms with Crippen molar-refractivity contribution in [2.75, 3.05) is 19.6 Å². The summed E-state index contributed by atoms with van der Waals surface area (Å²) in [4.78, 5) is 24.7. The van der Waals surface area contributed by atoms with Gasteiger partial charge in [-0.3, -0.25) is 14.9 Å². The smallest absolute Gasteiger partial charge is 0.270 e. The number of nitrogens with zero attached hydrogens (tertiary/aromatic N) is 3. The molecule has 1 aromatic carbocycles. The molecule has 2 fully saturated rings. The Hall–Kier alpha value is -2.04. The molecule has 0 bridgehead atoms. The molecule has 26 heavy (non-hydrogen) atoms. The Morgan fingerprint density at radius 3 is 2.54 bits per heavy atom. The molecular formula is C16H22N4O5S. The van der Waals surface area contributed by atoms with E-state index < -0.39 is 21.0 Å². The molecule has 2 aliphatic heterocycles. The van der Waals surface area contributed by atoms with Crippen molar-refractivity contribution < 1.29 is 18.1 Å². The van der Waals surface area contributed by atoms with Gasteiger partial charge in [-0.25, -0.2) is 8.42 Å². The molecule has 2 heterocycles. The van der Waals surface area contributed by atoms with Gasteiger partial charge in [0.1, 0.15) is 6.04 Å². The summed E-state index contributed by atoms with van der Waals surface area (Å²) in [6.07, 6.45) is 2.44. The standard InChI is InChI=1S/C16H22N4O5S/c17-12-6-9-18(10-7-12)16(21)15-5-2-8-19(15)26(24,25)14-4-1-3-13(11-14)20(22)23/h1,3-4,11-12,15H,2,5-10,17H2. The zero-order valence-corrected chi connectivity index (χ0v) is 15.1. The molecule has 1 unspecified atom stereocenters. The van der Waals surface area contributed by atoms with E-state index in [2.05, 4.69) is 0 Å². The van der Waals surface area contributed by atoms with Crippen LogP contribution in [0.1, 0.15) is 25.7 Å². The summed E-state index contributed by atoms with van der Waals surface area (Å²) < 4.78 is 27.1. The van der Waals surface area contributed by atoms with E-state index in [9.17, 15) is 23.3 Å². The zero-order chi connectivity index (χ0) is 18.9. The molecule has 142 valence electrons. The van der Waals surface area contributed by atoms with E-state index in [0.717, 1.165) is 6.07 Å². The maximum absolute atomic E-state index is 13.0. The average Bonchev–Trinajstić information content (AvgIpc) is 3.12. The van der Waals surface area contributed by atoms with Crippen molar-refractivity contribution in [3.05, 3.63) is 34.4 Å². The number of amides is 1. The Labute approximate surface area is 152 Å². The lowest BCUT2D eigenvalue weighted by Gasteiger charge is -2.34. The van der Waals surface area contributed by atoms with E-state index in [1.807, 2.05) is 0 Å². The Bertz CT molecular complexity index is 805. The second-order valence-corrected chi connectivity index (χ2v) is 8.58.